The maximum Gasteiger partial charge on any atom is 0.319 e. The summed E-state index contributed by atoms with van der Waals surface area (Å²) in [6, 6.07) is 8.94. The van der Waals surface area contributed by atoms with Crippen LogP contribution in [0.25, 0.3) is 0 Å². The number of carbonyl (C=O) groups is 4. The van der Waals surface area contributed by atoms with Gasteiger partial charge in [-0.05, 0) is 41.8 Å². The van der Waals surface area contributed by atoms with Crippen LogP contribution < -0.4 is 16.0 Å². The van der Waals surface area contributed by atoms with E-state index < -0.39 is 18.0 Å². The van der Waals surface area contributed by atoms with Crippen molar-refractivity contribution in [1.29, 1.82) is 0 Å². The molecule has 2 heterocycles. The average molecular weight is 461 g/mol. The normalized spacial score (nSPS) is 17.9. The molecule has 1 saturated heterocycles. The zero-order valence-corrected chi connectivity index (χ0v) is 17.7. The van der Waals surface area contributed by atoms with Crippen molar-refractivity contribution in [2.45, 2.75) is 32.0 Å². The molecule has 1 fully saturated rings. The van der Waals surface area contributed by atoms with E-state index >= 15 is 0 Å². The Morgan fingerprint density at radius 2 is 1.84 bits per heavy atom. The monoisotopic (exact) mass is 460 g/mol. The summed E-state index contributed by atoms with van der Waals surface area (Å²) in [6.07, 6.45) is 0.519. The first-order valence-electron chi connectivity index (χ1n) is 9.57. The standard InChI is InChI=1S/C21H18Cl2N4O4/c22-13-6-14(23)8-15(7-13)25-21(31)24-9-11-1-2-12-10-27(20(30)16(12)5-11)17-3-4-18(28)26-19(17)29/h1-2,5-8,17H,3-4,9-10H2,(H2,24,25,31)(H,26,28,29). The van der Waals surface area contributed by atoms with E-state index in [-0.39, 0.29) is 24.8 Å². The number of piperidine rings is 1. The number of nitrogens with zero attached hydrogens (tertiary/aromatic N) is 1. The van der Waals surface area contributed by atoms with Gasteiger partial charge in [0, 0.05) is 40.8 Å². The number of urea groups is 1. The molecule has 31 heavy (non-hydrogen) atoms. The molecule has 4 rings (SSSR count). The molecule has 1 unspecified atom stereocenters. The lowest BCUT2D eigenvalue weighted by Crippen LogP contribution is -2.52. The summed E-state index contributed by atoms with van der Waals surface area (Å²) >= 11 is 11.8. The highest BCUT2D eigenvalue weighted by Gasteiger charge is 2.39. The number of benzene rings is 2. The molecule has 3 N–H and O–H groups in total. The van der Waals surface area contributed by atoms with Gasteiger partial charge in [-0.2, -0.15) is 0 Å². The van der Waals surface area contributed by atoms with E-state index in [0.29, 0.717) is 34.3 Å². The van der Waals surface area contributed by atoms with Crippen molar-refractivity contribution in [2.24, 2.45) is 0 Å². The molecule has 5 amide bonds. The quantitative estimate of drug-likeness (QED) is 0.609. The number of imide groups is 1. The smallest absolute Gasteiger partial charge is 0.319 e. The van der Waals surface area contributed by atoms with Gasteiger partial charge in [-0.25, -0.2) is 4.79 Å². The minimum Gasteiger partial charge on any atom is -0.334 e. The van der Waals surface area contributed by atoms with Gasteiger partial charge in [0.2, 0.25) is 11.8 Å². The largest absolute Gasteiger partial charge is 0.334 e. The Labute approximate surface area is 187 Å². The fraction of sp³-hybridized carbons (Fsp3) is 0.238. The van der Waals surface area contributed by atoms with Crippen LogP contribution in [0.15, 0.2) is 36.4 Å². The lowest BCUT2D eigenvalue weighted by molar-refractivity contribution is -0.136. The second-order valence-corrected chi connectivity index (χ2v) is 8.23. The fourth-order valence-electron chi connectivity index (χ4n) is 3.70. The van der Waals surface area contributed by atoms with Crippen LogP contribution in [0, 0.1) is 0 Å². The van der Waals surface area contributed by atoms with Crippen molar-refractivity contribution in [3.8, 4) is 0 Å². The predicted octanol–water partition coefficient (Wildman–Crippen LogP) is 3.08. The molecule has 2 aromatic carbocycles. The number of rotatable bonds is 4. The predicted molar refractivity (Wildman–Crippen MR) is 115 cm³/mol. The first-order valence-corrected chi connectivity index (χ1v) is 10.3. The molecule has 0 radical (unpaired) electrons. The topological polar surface area (TPSA) is 108 Å². The number of carbonyl (C=O) groups excluding carboxylic acids is 4. The van der Waals surface area contributed by atoms with Crippen molar-refractivity contribution in [3.05, 3.63) is 63.1 Å². The highest BCUT2D eigenvalue weighted by Crippen LogP contribution is 2.28. The first-order chi connectivity index (χ1) is 14.8. The zero-order chi connectivity index (χ0) is 22.1. The minimum absolute atomic E-state index is 0.194. The van der Waals surface area contributed by atoms with Gasteiger partial charge in [0.25, 0.3) is 5.91 Å². The number of fused-ring (bicyclic) bond motifs is 1. The van der Waals surface area contributed by atoms with Crippen LogP contribution in [-0.2, 0) is 22.7 Å². The van der Waals surface area contributed by atoms with Gasteiger partial charge in [0.15, 0.2) is 0 Å². The third kappa shape index (κ3) is 4.65. The van der Waals surface area contributed by atoms with Gasteiger partial charge in [-0.3, -0.25) is 19.7 Å². The van der Waals surface area contributed by atoms with Crippen LogP contribution in [0.4, 0.5) is 10.5 Å². The molecule has 160 valence electrons. The van der Waals surface area contributed by atoms with Crippen molar-refractivity contribution in [3.63, 3.8) is 0 Å². The van der Waals surface area contributed by atoms with E-state index in [1.807, 2.05) is 12.1 Å². The van der Waals surface area contributed by atoms with Crippen LogP contribution in [0.5, 0.6) is 0 Å². The van der Waals surface area contributed by atoms with E-state index in [4.69, 9.17) is 23.2 Å². The molecule has 0 bridgehead atoms. The zero-order valence-electron chi connectivity index (χ0n) is 16.2. The summed E-state index contributed by atoms with van der Waals surface area (Å²) in [7, 11) is 0. The Morgan fingerprint density at radius 3 is 2.55 bits per heavy atom. The second kappa shape index (κ2) is 8.56. The molecule has 0 aliphatic carbocycles. The molecule has 10 heteroatoms. The lowest BCUT2D eigenvalue weighted by Gasteiger charge is -2.29. The molecule has 0 spiro atoms. The van der Waals surface area contributed by atoms with Crippen molar-refractivity contribution < 1.29 is 19.2 Å². The highest BCUT2D eigenvalue weighted by atomic mass is 35.5. The molecule has 0 aromatic heterocycles. The van der Waals surface area contributed by atoms with Gasteiger partial charge in [-0.15, -0.1) is 0 Å². The summed E-state index contributed by atoms with van der Waals surface area (Å²) < 4.78 is 0. The van der Waals surface area contributed by atoms with Crippen LogP contribution in [0.2, 0.25) is 10.0 Å². The maximum atomic E-state index is 12.9. The Balaban J connectivity index is 1.39. The SMILES string of the molecule is O=C1CCC(N2Cc3ccc(CNC(=O)Nc4cc(Cl)cc(Cl)c4)cc3C2=O)C(=O)N1. The number of hydrogen-bond acceptors (Lipinski definition) is 4. The summed E-state index contributed by atoms with van der Waals surface area (Å²) in [5.41, 5.74) is 2.48. The highest BCUT2D eigenvalue weighted by molar-refractivity contribution is 6.35. The van der Waals surface area contributed by atoms with Gasteiger partial charge < -0.3 is 15.5 Å². The van der Waals surface area contributed by atoms with Crippen molar-refractivity contribution in [1.82, 2.24) is 15.5 Å². The second-order valence-electron chi connectivity index (χ2n) is 7.36. The number of hydrogen-bond donors (Lipinski definition) is 3. The molecular weight excluding hydrogens is 443 g/mol. The van der Waals surface area contributed by atoms with E-state index in [0.717, 1.165) is 11.1 Å². The molecule has 0 saturated carbocycles. The fourth-order valence-corrected chi connectivity index (χ4v) is 4.22. The molecule has 8 nitrogen and oxygen atoms in total. The first kappa shape index (κ1) is 21.1. The van der Waals surface area contributed by atoms with Crippen molar-refractivity contribution >= 4 is 52.6 Å². The summed E-state index contributed by atoms with van der Waals surface area (Å²) in [5, 5.41) is 8.45. The lowest BCUT2D eigenvalue weighted by atomic mass is 10.0. The number of halogens is 2. The summed E-state index contributed by atoms with van der Waals surface area (Å²) in [4.78, 5) is 50.0. The molecule has 2 aliphatic heterocycles. The Bertz CT molecular complexity index is 1080. The Morgan fingerprint density at radius 1 is 1.10 bits per heavy atom. The molecule has 2 aromatic rings. The van der Waals surface area contributed by atoms with Gasteiger partial charge in [-0.1, -0.05) is 35.3 Å². The van der Waals surface area contributed by atoms with E-state index in [1.54, 1.807) is 24.3 Å². The summed E-state index contributed by atoms with van der Waals surface area (Å²) in [5.74, 6) is -1.03. The van der Waals surface area contributed by atoms with Crippen LogP contribution >= 0.6 is 23.2 Å². The minimum atomic E-state index is -0.658. The van der Waals surface area contributed by atoms with Crippen molar-refractivity contribution in [2.75, 3.05) is 5.32 Å². The van der Waals surface area contributed by atoms with E-state index in [1.165, 1.54) is 4.90 Å². The maximum absolute atomic E-state index is 12.9. The molecular formula is C21H18Cl2N4O4. The van der Waals surface area contributed by atoms with Crippen LogP contribution in [-0.4, -0.2) is 34.7 Å². The van der Waals surface area contributed by atoms with Gasteiger partial charge >= 0.3 is 6.03 Å². The van der Waals surface area contributed by atoms with E-state index in [9.17, 15) is 19.2 Å². The third-order valence-corrected chi connectivity index (χ3v) is 5.60. The molecule has 1 atom stereocenters. The van der Waals surface area contributed by atoms with Crippen LogP contribution in [0.3, 0.4) is 0 Å². The Kier molecular flexibility index (Phi) is 5.84. The molecule has 2 aliphatic rings. The summed E-state index contributed by atoms with van der Waals surface area (Å²) in [6.45, 7) is 0.503. The van der Waals surface area contributed by atoms with Gasteiger partial charge in [0.05, 0.1) is 0 Å². The average Bonchev–Trinajstić information content (AvgIpc) is 3.01. The number of amides is 5. The van der Waals surface area contributed by atoms with Crippen LogP contribution in [0.1, 0.15) is 34.3 Å². The number of anilines is 1. The third-order valence-electron chi connectivity index (χ3n) is 5.17. The van der Waals surface area contributed by atoms with Gasteiger partial charge in [0.1, 0.15) is 6.04 Å². The van der Waals surface area contributed by atoms with E-state index in [2.05, 4.69) is 16.0 Å². The number of nitrogens with one attached hydrogen (secondary N) is 3. The Hall–Kier alpha value is -3.10.